The lowest BCUT2D eigenvalue weighted by molar-refractivity contribution is -0.179. The van der Waals surface area contributed by atoms with Crippen molar-refractivity contribution in [2.75, 3.05) is 0 Å². The van der Waals surface area contributed by atoms with Crippen molar-refractivity contribution in [1.82, 2.24) is 0 Å². The molecular formula is C30H50O4. The smallest absolute Gasteiger partial charge is 0.164 e. The van der Waals surface area contributed by atoms with E-state index >= 15 is 0 Å². The first-order valence-corrected chi connectivity index (χ1v) is 14.2. The van der Waals surface area contributed by atoms with Crippen molar-refractivity contribution >= 4 is 0 Å². The third kappa shape index (κ3) is 3.94. The Morgan fingerprint density at radius 3 is 2.35 bits per heavy atom. The van der Waals surface area contributed by atoms with Crippen LogP contribution in [0.25, 0.3) is 0 Å². The summed E-state index contributed by atoms with van der Waals surface area (Å²) >= 11 is 0. The van der Waals surface area contributed by atoms with Gasteiger partial charge in [0.05, 0.1) is 23.4 Å². The highest BCUT2D eigenvalue weighted by atomic mass is 16.8. The number of hydrogen-bond acceptors (Lipinski definition) is 4. The van der Waals surface area contributed by atoms with E-state index in [9.17, 15) is 10.2 Å². The minimum absolute atomic E-state index is 0.00860. The Morgan fingerprint density at radius 2 is 1.65 bits per heavy atom. The Morgan fingerprint density at radius 1 is 0.971 bits per heavy atom. The lowest BCUT2D eigenvalue weighted by atomic mass is 9.47. The fourth-order valence-electron chi connectivity index (χ4n) is 9.64. The van der Waals surface area contributed by atoms with E-state index < -0.39 is 11.4 Å². The molecule has 1 saturated heterocycles. The van der Waals surface area contributed by atoms with Crippen LogP contribution in [0, 0.1) is 34.5 Å². The topological polar surface area (TPSA) is 58.9 Å². The molecule has 0 bridgehead atoms. The van der Waals surface area contributed by atoms with Gasteiger partial charge in [0.25, 0.3) is 0 Å². The summed E-state index contributed by atoms with van der Waals surface area (Å²) < 4.78 is 13.3. The van der Waals surface area contributed by atoms with E-state index in [-0.39, 0.29) is 23.2 Å². The Bertz CT molecular complexity index is 826. The van der Waals surface area contributed by atoms with Gasteiger partial charge in [0.15, 0.2) is 5.79 Å². The lowest BCUT2D eigenvalue weighted by Crippen LogP contribution is -2.54. The molecule has 0 unspecified atom stereocenters. The van der Waals surface area contributed by atoms with Crippen molar-refractivity contribution in [2.24, 2.45) is 34.5 Å². The molecule has 0 aromatic carbocycles. The van der Waals surface area contributed by atoms with Gasteiger partial charge in [-0.3, -0.25) is 0 Å². The van der Waals surface area contributed by atoms with Crippen LogP contribution >= 0.6 is 0 Å². The summed E-state index contributed by atoms with van der Waals surface area (Å²) in [6, 6.07) is 0. The number of aliphatic hydroxyl groups excluding tert-OH is 1. The third-order valence-corrected chi connectivity index (χ3v) is 11.3. The molecule has 4 fully saturated rings. The van der Waals surface area contributed by atoms with E-state index in [0.29, 0.717) is 29.1 Å². The van der Waals surface area contributed by atoms with Crippen molar-refractivity contribution in [3.8, 4) is 0 Å². The number of aliphatic hydroxyl groups is 2. The molecule has 5 rings (SSSR count). The molecule has 1 aliphatic heterocycles. The minimum Gasteiger partial charge on any atom is -0.393 e. The largest absolute Gasteiger partial charge is 0.393 e. The summed E-state index contributed by atoms with van der Waals surface area (Å²) in [5, 5.41) is 20.8. The molecule has 5 aliphatic rings. The standard InChI is InChI=1S/C30H50O4/c1-26(2,32)15-14-25-30(7,34-27(3,4)33-25)24-11-10-22-21-9-8-19-18-20(31)12-16-28(19,5)23(21)13-17-29(22,24)6/h9,19-20,22-25,31-32H,8,10-18H2,1-7H3/t19-,20-,22-,23-,24-,25+,28-,29-,30+/m0/s1. The highest BCUT2D eigenvalue weighted by Crippen LogP contribution is 2.68. The van der Waals surface area contributed by atoms with Crippen LogP contribution in [-0.4, -0.2) is 39.4 Å². The van der Waals surface area contributed by atoms with E-state index in [1.54, 1.807) is 5.57 Å². The maximum atomic E-state index is 10.4. The van der Waals surface area contributed by atoms with Crippen LogP contribution in [0.2, 0.25) is 0 Å². The zero-order valence-electron chi connectivity index (χ0n) is 22.8. The third-order valence-electron chi connectivity index (χ3n) is 11.3. The molecule has 1 heterocycles. The number of rotatable bonds is 4. The Labute approximate surface area is 207 Å². The van der Waals surface area contributed by atoms with E-state index in [2.05, 4.69) is 40.7 Å². The van der Waals surface area contributed by atoms with E-state index in [4.69, 9.17) is 9.47 Å². The van der Waals surface area contributed by atoms with E-state index in [1.165, 1.54) is 32.1 Å². The molecule has 0 radical (unpaired) electrons. The second kappa shape index (κ2) is 8.04. The monoisotopic (exact) mass is 474 g/mol. The second-order valence-electron chi connectivity index (χ2n) is 14.5. The van der Waals surface area contributed by atoms with Crippen molar-refractivity contribution < 1.29 is 19.7 Å². The Balaban J connectivity index is 1.42. The average molecular weight is 475 g/mol. The number of ether oxygens (including phenoxy) is 2. The average Bonchev–Trinajstić information content (AvgIpc) is 3.19. The van der Waals surface area contributed by atoms with Gasteiger partial charge in [-0.15, -0.1) is 0 Å². The van der Waals surface area contributed by atoms with Gasteiger partial charge < -0.3 is 19.7 Å². The highest BCUT2D eigenvalue weighted by molar-refractivity contribution is 5.29. The number of allylic oxidation sites excluding steroid dienone is 2. The van der Waals surface area contributed by atoms with Gasteiger partial charge in [-0.05, 0) is 133 Å². The molecule has 2 N–H and O–H groups in total. The van der Waals surface area contributed by atoms with Crippen LogP contribution in [-0.2, 0) is 9.47 Å². The summed E-state index contributed by atoms with van der Waals surface area (Å²) in [6.45, 7) is 15.3. The SMILES string of the molecule is CC(C)(O)CC[C@H]1OC(C)(C)O[C@]1(C)[C@H]1CC[C@H]2C3=CC[C@H]4C[C@@H](O)CC[C@]4(C)[C@H]3CC[C@@]21C. The van der Waals surface area contributed by atoms with Crippen LogP contribution in [0.15, 0.2) is 11.6 Å². The zero-order chi connectivity index (χ0) is 24.7. The number of hydrogen-bond donors (Lipinski definition) is 2. The van der Waals surface area contributed by atoms with Crippen LogP contribution < -0.4 is 0 Å². The summed E-state index contributed by atoms with van der Waals surface area (Å²) in [5.41, 5.74) is 1.31. The molecule has 4 nitrogen and oxygen atoms in total. The van der Waals surface area contributed by atoms with Crippen molar-refractivity contribution in [3.63, 3.8) is 0 Å². The lowest BCUT2D eigenvalue weighted by Gasteiger charge is -2.58. The molecular weight excluding hydrogens is 424 g/mol. The molecule has 4 aliphatic carbocycles. The fourth-order valence-corrected chi connectivity index (χ4v) is 9.64. The summed E-state index contributed by atoms with van der Waals surface area (Å²) in [5.74, 6) is 1.84. The molecule has 34 heavy (non-hydrogen) atoms. The molecule has 0 spiro atoms. The van der Waals surface area contributed by atoms with E-state index in [0.717, 1.165) is 32.1 Å². The highest BCUT2D eigenvalue weighted by Gasteiger charge is 2.65. The van der Waals surface area contributed by atoms with E-state index in [1.807, 2.05) is 13.8 Å². The molecule has 0 aromatic rings. The summed E-state index contributed by atoms with van der Waals surface area (Å²) in [6.07, 6.45) is 13.3. The van der Waals surface area contributed by atoms with Gasteiger partial charge >= 0.3 is 0 Å². The second-order valence-corrected chi connectivity index (χ2v) is 14.5. The van der Waals surface area contributed by atoms with Gasteiger partial charge in [0, 0.05) is 0 Å². The quantitative estimate of drug-likeness (QED) is 0.464. The Hall–Kier alpha value is -0.420. The van der Waals surface area contributed by atoms with Crippen LogP contribution in [0.3, 0.4) is 0 Å². The normalized spacial score (nSPS) is 50.3. The summed E-state index contributed by atoms with van der Waals surface area (Å²) in [4.78, 5) is 0. The molecule has 194 valence electrons. The van der Waals surface area contributed by atoms with Gasteiger partial charge in [-0.1, -0.05) is 25.5 Å². The molecule has 3 saturated carbocycles. The Kier molecular flexibility index (Phi) is 5.97. The van der Waals surface area contributed by atoms with Gasteiger partial charge in [-0.2, -0.15) is 0 Å². The molecule has 4 heteroatoms. The fraction of sp³-hybridized carbons (Fsp3) is 0.933. The maximum Gasteiger partial charge on any atom is 0.164 e. The predicted octanol–water partition coefficient (Wildman–Crippen LogP) is 6.39. The van der Waals surface area contributed by atoms with Gasteiger partial charge in [0.1, 0.15) is 0 Å². The van der Waals surface area contributed by atoms with Gasteiger partial charge in [0.2, 0.25) is 0 Å². The minimum atomic E-state index is -0.691. The number of fused-ring (bicyclic) bond motifs is 5. The van der Waals surface area contributed by atoms with Crippen molar-refractivity contribution in [3.05, 3.63) is 11.6 Å². The summed E-state index contributed by atoms with van der Waals surface area (Å²) in [7, 11) is 0. The maximum absolute atomic E-state index is 10.4. The van der Waals surface area contributed by atoms with Crippen LogP contribution in [0.5, 0.6) is 0 Å². The zero-order valence-corrected chi connectivity index (χ0v) is 22.8. The molecule has 9 atom stereocenters. The first-order valence-electron chi connectivity index (χ1n) is 14.2. The van der Waals surface area contributed by atoms with Crippen LogP contribution in [0.1, 0.15) is 113 Å². The van der Waals surface area contributed by atoms with Crippen molar-refractivity contribution in [1.29, 1.82) is 0 Å². The van der Waals surface area contributed by atoms with Crippen molar-refractivity contribution in [2.45, 2.75) is 142 Å². The molecule has 0 amide bonds. The predicted molar refractivity (Wildman–Crippen MR) is 135 cm³/mol. The first-order chi connectivity index (χ1) is 15.7. The first kappa shape index (κ1) is 25.2. The van der Waals surface area contributed by atoms with Gasteiger partial charge in [-0.25, -0.2) is 0 Å². The van der Waals surface area contributed by atoms with Crippen LogP contribution in [0.4, 0.5) is 0 Å². The molecule has 0 aromatic heterocycles.